The van der Waals surface area contributed by atoms with Crippen LogP contribution in [0.4, 0.5) is 14.7 Å². The van der Waals surface area contributed by atoms with Crippen LogP contribution in [-0.4, -0.2) is 47.7 Å². The zero-order chi connectivity index (χ0) is 22.8. The maximum absolute atomic E-state index is 14.4. The Morgan fingerprint density at radius 1 is 1.00 bits per heavy atom. The molecule has 2 aromatic carbocycles. The highest BCUT2D eigenvalue weighted by atomic mass is 19.1. The number of morpholine rings is 1. The van der Waals surface area contributed by atoms with Gasteiger partial charge in [-0.15, -0.1) is 0 Å². The van der Waals surface area contributed by atoms with Crippen molar-refractivity contribution >= 4 is 5.95 Å². The lowest BCUT2D eigenvalue weighted by atomic mass is 10.0. The summed E-state index contributed by atoms with van der Waals surface area (Å²) in [7, 11) is 0. The fraction of sp³-hybridized carbons (Fsp3) is 0.360. The molecule has 0 radical (unpaired) electrons. The predicted molar refractivity (Wildman–Crippen MR) is 120 cm³/mol. The highest BCUT2D eigenvalue weighted by Gasteiger charge is 2.26. The molecule has 0 spiro atoms. The molecule has 6 nitrogen and oxygen atoms in total. The van der Waals surface area contributed by atoms with E-state index in [2.05, 4.69) is 9.80 Å². The Bertz CT molecular complexity index is 1130. The average Bonchev–Trinajstić information content (AvgIpc) is 2.83. The first kappa shape index (κ1) is 21.7. The van der Waals surface area contributed by atoms with E-state index in [1.165, 1.54) is 18.2 Å². The third-order valence-electron chi connectivity index (χ3n) is 6.01. The van der Waals surface area contributed by atoms with Crippen molar-refractivity contribution in [1.82, 2.24) is 14.9 Å². The first-order valence-corrected chi connectivity index (χ1v) is 11.2. The number of fused-ring (bicyclic) bond motifs is 1. The fourth-order valence-corrected chi connectivity index (χ4v) is 4.23. The second-order valence-corrected chi connectivity index (χ2v) is 8.46. The quantitative estimate of drug-likeness (QED) is 0.577. The second kappa shape index (κ2) is 9.41. The van der Waals surface area contributed by atoms with Crippen molar-refractivity contribution in [3.05, 3.63) is 76.5 Å². The minimum atomic E-state index is -0.326. The molecule has 0 atom stereocenters. The van der Waals surface area contributed by atoms with Crippen LogP contribution in [0.15, 0.2) is 42.5 Å². The lowest BCUT2D eigenvalue weighted by Crippen LogP contribution is -2.38. The number of ether oxygens (including phenoxy) is 2. The first-order valence-electron chi connectivity index (χ1n) is 11.2. The van der Waals surface area contributed by atoms with E-state index in [1.54, 1.807) is 18.2 Å². The number of halogens is 2. The largest absolute Gasteiger partial charge is 0.438 e. The topological polar surface area (TPSA) is 50.7 Å². The molecular weight excluding hydrogens is 426 g/mol. The van der Waals surface area contributed by atoms with E-state index in [9.17, 15) is 8.78 Å². The van der Waals surface area contributed by atoms with Crippen molar-refractivity contribution in [1.29, 1.82) is 0 Å². The molecule has 0 N–H and O–H groups in total. The number of aromatic nitrogens is 2. The van der Waals surface area contributed by atoms with Gasteiger partial charge in [-0.05, 0) is 37.3 Å². The van der Waals surface area contributed by atoms with Crippen LogP contribution in [0, 0.1) is 18.6 Å². The van der Waals surface area contributed by atoms with Crippen LogP contribution < -0.4 is 9.64 Å². The van der Waals surface area contributed by atoms with Gasteiger partial charge in [0.25, 0.3) is 0 Å². The summed E-state index contributed by atoms with van der Waals surface area (Å²) in [6, 6.07) is 11.1. The van der Waals surface area contributed by atoms with Crippen molar-refractivity contribution in [2.24, 2.45) is 0 Å². The van der Waals surface area contributed by atoms with Crippen molar-refractivity contribution in [2.75, 3.05) is 37.7 Å². The molecule has 1 saturated heterocycles. The molecule has 0 aliphatic carbocycles. The summed E-state index contributed by atoms with van der Waals surface area (Å²) in [5.74, 6) is 1.06. The average molecular weight is 453 g/mol. The zero-order valence-electron chi connectivity index (χ0n) is 18.6. The molecule has 33 heavy (non-hydrogen) atoms. The summed E-state index contributed by atoms with van der Waals surface area (Å²) in [6.07, 6.45) is 0.711. The Kier molecular flexibility index (Phi) is 6.20. The minimum absolute atomic E-state index is 0.201. The van der Waals surface area contributed by atoms with Crippen molar-refractivity contribution in [3.63, 3.8) is 0 Å². The molecule has 0 bridgehead atoms. The van der Waals surface area contributed by atoms with Gasteiger partial charge in [-0.1, -0.05) is 17.7 Å². The number of rotatable bonds is 5. The van der Waals surface area contributed by atoms with Gasteiger partial charge in [0.2, 0.25) is 11.8 Å². The SMILES string of the molecule is Cc1ccc(F)c(CN2CCc3nc(N4CCOCC4)nc(Oc4ccc(F)cc4)c3C2)c1. The molecule has 1 fully saturated rings. The van der Waals surface area contributed by atoms with E-state index in [1.807, 2.05) is 13.0 Å². The number of hydrogen-bond acceptors (Lipinski definition) is 6. The summed E-state index contributed by atoms with van der Waals surface area (Å²) in [4.78, 5) is 13.9. The van der Waals surface area contributed by atoms with Crippen LogP contribution in [-0.2, 0) is 24.2 Å². The predicted octanol–water partition coefficient (Wildman–Crippen LogP) is 4.25. The lowest BCUT2D eigenvalue weighted by Gasteiger charge is -2.32. The van der Waals surface area contributed by atoms with Gasteiger partial charge in [-0.2, -0.15) is 4.98 Å². The molecule has 2 aliphatic heterocycles. The number of hydrogen-bond donors (Lipinski definition) is 0. The first-order chi connectivity index (χ1) is 16.0. The standard InChI is InChI=1S/C25H26F2N4O2/c1-17-2-7-22(27)18(14-17)15-30-9-8-23-21(16-30)24(33-20-5-3-19(26)4-6-20)29-25(28-23)31-10-12-32-13-11-31/h2-7,14H,8-13,15-16H2,1H3. The summed E-state index contributed by atoms with van der Waals surface area (Å²) in [5, 5.41) is 0. The van der Waals surface area contributed by atoms with Gasteiger partial charge in [0.15, 0.2) is 0 Å². The summed E-state index contributed by atoms with van der Waals surface area (Å²) in [6.45, 7) is 6.45. The molecule has 0 amide bonds. The Balaban J connectivity index is 1.45. The lowest BCUT2D eigenvalue weighted by molar-refractivity contribution is 0.122. The Hall–Kier alpha value is -3.10. The van der Waals surface area contributed by atoms with Crippen molar-refractivity contribution < 1.29 is 18.3 Å². The van der Waals surface area contributed by atoms with Gasteiger partial charge >= 0.3 is 0 Å². The van der Waals surface area contributed by atoms with Crippen molar-refractivity contribution in [3.8, 4) is 11.6 Å². The molecule has 0 unspecified atom stereocenters. The third kappa shape index (κ3) is 4.96. The van der Waals surface area contributed by atoms with E-state index >= 15 is 0 Å². The number of anilines is 1. The molecule has 8 heteroatoms. The number of nitrogens with zero attached hydrogens (tertiary/aromatic N) is 4. The van der Waals surface area contributed by atoms with Crippen LogP contribution in [0.1, 0.15) is 22.4 Å². The Labute approximate surface area is 191 Å². The summed E-state index contributed by atoms with van der Waals surface area (Å²) in [5.41, 5.74) is 3.52. The van der Waals surface area contributed by atoms with Gasteiger partial charge in [0.1, 0.15) is 17.4 Å². The highest BCUT2D eigenvalue weighted by molar-refractivity contribution is 5.44. The van der Waals surface area contributed by atoms with Crippen molar-refractivity contribution in [2.45, 2.75) is 26.4 Å². The molecule has 172 valence electrons. The van der Waals surface area contributed by atoms with Crippen LogP contribution >= 0.6 is 0 Å². The molecule has 0 saturated carbocycles. The molecule has 3 heterocycles. The van der Waals surface area contributed by atoms with E-state index in [0.717, 1.165) is 23.4 Å². The molecule has 2 aliphatic rings. The summed E-state index contributed by atoms with van der Waals surface area (Å²) >= 11 is 0. The molecular formula is C25H26F2N4O2. The van der Waals surface area contributed by atoms with E-state index in [0.29, 0.717) is 69.0 Å². The van der Waals surface area contributed by atoms with Gasteiger partial charge in [0.05, 0.1) is 24.5 Å². The van der Waals surface area contributed by atoms with E-state index < -0.39 is 0 Å². The zero-order valence-corrected chi connectivity index (χ0v) is 18.6. The van der Waals surface area contributed by atoms with Gasteiger partial charge in [-0.3, -0.25) is 4.90 Å². The second-order valence-electron chi connectivity index (χ2n) is 8.46. The van der Waals surface area contributed by atoms with Crippen LogP contribution in [0.5, 0.6) is 11.6 Å². The Morgan fingerprint density at radius 3 is 2.58 bits per heavy atom. The van der Waals surface area contributed by atoms with E-state index in [4.69, 9.17) is 19.4 Å². The Morgan fingerprint density at radius 2 is 1.79 bits per heavy atom. The fourth-order valence-electron chi connectivity index (χ4n) is 4.23. The summed E-state index contributed by atoms with van der Waals surface area (Å²) < 4.78 is 39.3. The maximum Gasteiger partial charge on any atom is 0.229 e. The van der Waals surface area contributed by atoms with Gasteiger partial charge in [0, 0.05) is 44.7 Å². The van der Waals surface area contributed by atoms with E-state index in [-0.39, 0.29) is 11.6 Å². The van der Waals surface area contributed by atoms with Crippen LogP contribution in [0.3, 0.4) is 0 Å². The molecule has 3 aromatic rings. The number of benzene rings is 2. The normalized spacial score (nSPS) is 16.5. The number of aryl methyl sites for hydroxylation is 1. The molecule has 1 aromatic heterocycles. The van der Waals surface area contributed by atoms with Crippen LogP contribution in [0.25, 0.3) is 0 Å². The van der Waals surface area contributed by atoms with Crippen LogP contribution in [0.2, 0.25) is 0 Å². The highest BCUT2D eigenvalue weighted by Crippen LogP contribution is 2.32. The monoisotopic (exact) mass is 452 g/mol. The minimum Gasteiger partial charge on any atom is -0.438 e. The van der Waals surface area contributed by atoms with Gasteiger partial charge < -0.3 is 14.4 Å². The smallest absolute Gasteiger partial charge is 0.229 e. The molecule has 5 rings (SSSR count). The third-order valence-corrected chi connectivity index (χ3v) is 6.01. The van der Waals surface area contributed by atoms with Gasteiger partial charge in [-0.25, -0.2) is 13.8 Å². The maximum atomic E-state index is 14.4.